The van der Waals surface area contributed by atoms with Gasteiger partial charge in [-0.2, -0.15) is 0 Å². The second kappa shape index (κ2) is 10.2. The zero-order valence-electron chi connectivity index (χ0n) is 16.2. The van der Waals surface area contributed by atoms with Gasteiger partial charge in [-0.3, -0.25) is 4.79 Å². The highest BCUT2D eigenvalue weighted by molar-refractivity contribution is 5.83. The maximum atomic E-state index is 10.7. The highest BCUT2D eigenvalue weighted by Gasteiger charge is 2.31. The first-order chi connectivity index (χ1) is 10.5. The average Bonchev–Trinajstić information content (AvgIpc) is 2.48. The molecule has 0 atom stereocenters. The molecule has 1 aromatic rings. The Morgan fingerprint density at radius 3 is 1.78 bits per heavy atom. The Hall–Kier alpha value is -1.67. The van der Waals surface area contributed by atoms with Gasteiger partial charge in [0, 0.05) is 11.0 Å². The molecule has 0 fully saturated rings. The highest BCUT2D eigenvalue weighted by atomic mass is 16.3. The molecule has 2 heteroatoms. The summed E-state index contributed by atoms with van der Waals surface area (Å²) in [5, 5.41) is 9.47. The number of rotatable bonds is 4. The van der Waals surface area contributed by atoms with Crippen molar-refractivity contribution in [2.45, 2.75) is 61.0 Å². The van der Waals surface area contributed by atoms with E-state index >= 15 is 0 Å². The molecular formula is C21H34O2. The van der Waals surface area contributed by atoms with Crippen LogP contribution in [0.2, 0.25) is 0 Å². The molecule has 0 bridgehead atoms. The van der Waals surface area contributed by atoms with Crippen LogP contribution in [0.25, 0.3) is 6.08 Å². The predicted molar refractivity (Wildman–Crippen MR) is 103 cm³/mol. The molecule has 1 N–H and O–H groups in total. The van der Waals surface area contributed by atoms with Crippen molar-refractivity contribution >= 4 is 12.4 Å². The summed E-state index contributed by atoms with van der Waals surface area (Å²) in [7, 11) is 0. The minimum Gasteiger partial charge on any atom is -0.390 e. The minimum atomic E-state index is -0.672. The molecule has 0 spiro atoms. The van der Waals surface area contributed by atoms with Crippen LogP contribution in [0.3, 0.4) is 0 Å². The molecule has 130 valence electrons. The van der Waals surface area contributed by atoms with Crippen LogP contribution in [0, 0.1) is 19.3 Å². The van der Waals surface area contributed by atoms with E-state index in [4.69, 9.17) is 0 Å². The molecule has 0 saturated heterocycles. The number of carbonyl (C=O) groups excluding carboxylic acids is 1. The van der Waals surface area contributed by atoms with Gasteiger partial charge in [-0.05, 0) is 38.8 Å². The third-order valence-corrected chi connectivity index (χ3v) is 3.99. The Bertz CT molecular complexity index is 517. The lowest BCUT2D eigenvalue weighted by molar-refractivity contribution is -0.00719. The van der Waals surface area contributed by atoms with Gasteiger partial charge < -0.3 is 5.11 Å². The van der Waals surface area contributed by atoms with Gasteiger partial charge >= 0.3 is 0 Å². The van der Waals surface area contributed by atoms with Crippen LogP contribution in [0.1, 0.15) is 68.6 Å². The molecule has 0 aliphatic rings. The van der Waals surface area contributed by atoms with E-state index < -0.39 is 5.60 Å². The van der Waals surface area contributed by atoms with E-state index in [-0.39, 0.29) is 5.41 Å². The van der Waals surface area contributed by atoms with Gasteiger partial charge in [-0.15, -0.1) is 6.58 Å². The number of hydrogen-bond acceptors (Lipinski definition) is 2. The molecule has 0 heterocycles. The predicted octanol–water partition coefficient (Wildman–Crippen LogP) is 5.75. The lowest BCUT2D eigenvalue weighted by Crippen LogP contribution is -2.36. The number of aldehydes is 1. The highest BCUT2D eigenvalue weighted by Crippen LogP contribution is 2.30. The van der Waals surface area contributed by atoms with Crippen LogP contribution in [0.4, 0.5) is 0 Å². The maximum absolute atomic E-state index is 10.7. The van der Waals surface area contributed by atoms with Crippen molar-refractivity contribution in [2.24, 2.45) is 5.41 Å². The van der Waals surface area contributed by atoms with E-state index in [9.17, 15) is 9.90 Å². The summed E-state index contributed by atoms with van der Waals surface area (Å²) in [6.45, 7) is 22.7. The van der Waals surface area contributed by atoms with Gasteiger partial charge in [0.2, 0.25) is 0 Å². The Balaban J connectivity index is 0. The number of hydrogen-bond donors (Lipinski definition) is 1. The van der Waals surface area contributed by atoms with Gasteiger partial charge in [0.05, 0.1) is 5.60 Å². The number of aryl methyl sites for hydroxylation is 2. The summed E-state index contributed by atoms with van der Waals surface area (Å²) >= 11 is 0. The molecule has 0 aliphatic carbocycles. The molecular weight excluding hydrogens is 284 g/mol. The van der Waals surface area contributed by atoms with E-state index in [0.717, 1.165) is 28.5 Å². The standard InChI is InChI=1S/C11H12O.C8H16O.C2H6/c1-4-10-6-8(2)5-9(3)11(10)7-12;1-6-7(2,3)8(4,5)9;1-2/h4-7H,1H2,2-3H3;6,9H,1H2,2-5H3;1-2H3. The monoisotopic (exact) mass is 318 g/mol. The fourth-order valence-electron chi connectivity index (χ4n) is 1.59. The quantitative estimate of drug-likeness (QED) is 0.566. The van der Waals surface area contributed by atoms with E-state index in [1.165, 1.54) is 0 Å². The topological polar surface area (TPSA) is 37.3 Å². The molecule has 23 heavy (non-hydrogen) atoms. The lowest BCUT2D eigenvalue weighted by Gasteiger charge is -2.34. The lowest BCUT2D eigenvalue weighted by atomic mass is 9.78. The van der Waals surface area contributed by atoms with Crippen LogP contribution >= 0.6 is 0 Å². The van der Waals surface area contributed by atoms with Crippen LogP contribution in [0.5, 0.6) is 0 Å². The normalized spacial score (nSPS) is 10.5. The molecule has 2 nitrogen and oxygen atoms in total. The van der Waals surface area contributed by atoms with Crippen LogP contribution in [0.15, 0.2) is 31.4 Å². The largest absolute Gasteiger partial charge is 0.390 e. The zero-order valence-corrected chi connectivity index (χ0v) is 16.2. The summed E-state index contributed by atoms with van der Waals surface area (Å²) in [6.07, 6.45) is 4.36. The Morgan fingerprint density at radius 1 is 1.04 bits per heavy atom. The first-order valence-corrected chi connectivity index (χ1v) is 8.05. The second-order valence-electron chi connectivity index (χ2n) is 6.39. The van der Waals surface area contributed by atoms with Crippen LogP contribution in [-0.4, -0.2) is 17.0 Å². The third kappa shape index (κ3) is 7.43. The summed E-state index contributed by atoms with van der Waals surface area (Å²) in [5.74, 6) is 0. The first kappa shape index (κ1) is 23.6. The number of aliphatic hydroxyl groups is 1. The molecule has 0 aromatic heterocycles. The zero-order chi connectivity index (χ0) is 18.8. The van der Waals surface area contributed by atoms with Crippen molar-refractivity contribution in [2.75, 3.05) is 0 Å². The Morgan fingerprint density at radius 2 is 1.52 bits per heavy atom. The summed E-state index contributed by atoms with van der Waals surface area (Å²) in [5.41, 5.74) is 2.97. The van der Waals surface area contributed by atoms with Crippen molar-refractivity contribution in [1.82, 2.24) is 0 Å². The first-order valence-electron chi connectivity index (χ1n) is 8.05. The second-order valence-corrected chi connectivity index (χ2v) is 6.39. The van der Waals surface area contributed by atoms with E-state index in [1.54, 1.807) is 26.0 Å². The number of benzene rings is 1. The van der Waals surface area contributed by atoms with Gasteiger partial charge in [0.1, 0.15) is 0 Å². The van der Waals surface area contributed by atoms with Crippen molar-refractivity contribution in [3.63, 3.8) is 0 Å². The molecule has 1 rings (SSSR count). The van der Waals surface area contributed by atoms with Gasteiger partial charge in [0.25, 0.3) is 0 Å². The van der Waals surface area contributed by atoms with E-state index in [2.05, 4.69) is 13.2 Å². The Labute approximate surface area is 142 Å². The van der Waals surface area contributed by atoms with Crippen molar-refractivity contribution in [3.05, 3.63) is 53.6 Å². The SMILES string of the molecule is C=CC(C)(C)C(C)(C)O.C=Cc1cc(C)cc(C)c1C=O.CC. The van der Waals surface area contributed by atoms with Crippen molar-refractivity contribution < 1.29 is 9.90 Å². The fourth-order valence-corrected chi connectivity index (χ4v) is 1.59. The van der Waals surface area contributed by atoms with Crippen LogP contribution < -0.4 is 0 Å². The average molecular weight is 319 g/mol. The maximum Gasteiger partial charge on any atom is 0.150 e. The molecule has 1 aromatic carbocycles. The third-order valence-electron chi connectivity index (χ3n) is 3.99. The van der Waals surface area contributed by atoms with Gasteiger partial charge in [-0.25, -0.2) is 0 Å². The molecule has 0 unspecified atom stereocenters. The number of carbonyl (C=O) groups is 1. The van der Waals surface area contributed by atoms with Gasteiger partial charge in [0.15, 0.2) is 6.29 Å². The summed E-state index contributed by atoms with van der Waals surface area (Å²) in [4.78, 5) is 10.7. The van der Waals surface area contributed by atoms with Crippen LogP contribution in [-0.2, 0) is 0 Å². The van der Waals surface area contributed by atoms with Gasteiger partial charge in [-0.1, -0.05) is 64.1 Å². The molecule has 0 amide bonds. The fraction of sp³-hybridized carbons (Fsp3) is 0.476. The minimum absolute atomic E-state index is 0.201. The van der Waals surface area contributed by atoms with E-state index in [0.29, 0.717) is 0 Å². The van der Waals surface area contributed by atoms with Crippen molar-refractivity contribution in [1.29, 1.82) is 0 Å². The van der Waals surface area contributed by atoms with E-state index in [1.807, 2.05) is 53.7 Å². The van der Waals surface area contributed by atoms with Crippen molar-refractivity contribution in [3.8, 4) is 0 Å². The summed E-state index contributed by atoms with van der Waals surface area (Å²) < 4.78 is 0. The molecule has 0 radical (unpaired) electrons. The molecule has 0 saturated carbocycles. The molecule has 0 aliphatic heterocycles. The smallest absolute Gasteiger partial charge is 0.150 e. The Kier molecular flexibility index (Phi) is 10.4. The summed E-state index contributed by atoms with van der Waals surface area (Å²) in [6, 6.07) is 3.96.